The number of para-hydroxylation sites is 4. The molecule has 2 N–H and O–H groups in total. The van der Waals surface area contributed by atoms with Crippen LogP contribution in [-0.2, 0) is 4.79 Å². The van der Waals surface area contributed by atoms with Crippen LogP contribution in [0, 0.1) is 26.1 Å². The van der Waals surface area contributed by atoms with Crippen molar-refractivity contribution >= 4 is 28.7 Å². The van der Waals surface area contributed by atoms with Crippen molar-refractivity contribution in [2.45, 2.75) is 12.8 Å². The van der Waals surface area contributed by atoms with Gasteiger partial charge in [-0.3, -0.25) is 25.0 Å². The van der Waals surface area contributed by atoms with Crippen molar-refractivity contribution in [2.75, 3.05) is 36.4 Å². The van der Waals surface area contributed by atoms with E-state index in [0.29, 0.717) is 50.4 Å². The van der Waals surface area contributed by atoms with Crippen LogP contribution in [0.3, 0.4) is 0 Å². The van der Waals surface area contributed by atoms with Crippen molar-refractivity contribution in [3.05, 3.63) is 68.8 Å². The van der Waals surface area contributed by atoms with Crippen LogP contribution >= 0.6 is 0 Å². The zero-order valence-corrected chi connectivity index (χ0v) is 16.3. The Kier molecular flexibility index (Phi) is 6.79. The molecular weight excluding hydrogens is 390 g/mol. The summed E-state index contributed by atoms with van der Waals surface area (Å²) in [6.45, 7) is 1.84. The zero-order valence-electron chi connectivity index (χ0n) is 16.3. The lowest BCUT2D eigenvalue weighted by Gasteiger charge is -2.32. The number of hydrogen-bond donors (Lipinski definition) is 2. The maximum Gasteiger partial charge on any atom is 0.292 e. The fraction of sp³-hybridized carbons (Fsp3) is 0.350. The van der Waals surface area contributed by atoms with Crippen LogP contribution in [0.15, 0.2) is 48.5 Å². The Balaban J connectivity index is 1.45. The molecule has 1 saturated heterocycles. The molecule has 158 valence electrons. The number of nitrogens with one attached hydrogen (secondary N) is 2. The molecule has 0 bridgehead atoms. The Morgan fingerprint density at radius 3 is 2.20 bits per heavy atom. The fourth-order valence-corrected chi connectivity index (χ4v) is 3.58. The summed E-state index contributed by atoms with van der Waals surface area (Å²) in [4.78, 5) is 35.8. The highest BCUT2D eigenvalue weighted by molar-refractivity contribution is 5.79. The summed E-state index contributed by atoms with van der Waals surface area (Å²) in [5, 5.41) is 28.1. The molecule has 30 heavy (non-hydrogen) atoms. The van der Waals surface area contributed by atoms with E-state index in [1.54, 1.807) is 36.4 Å². The number of amides is 1. The first kappa shape index (κ1) is 21.0. The molecule has 0 aliphatic carbocycles. The second kappa shape index (κ2) is 9.68. The van der Waals surface area contributed by atoms with Gasteiger partial charge in [-0.25, -0.2) is 0 Å². The zero-order chi connectivity index (χ0) is 21.5. The van der Waals surface area contributed by atoms with Crippen molar-refractivity contribution in [1.82, 2.24) is 5.32 Å². The summed E-state index contributed by atoms with van der Waals surface area (Å²) in [6, 6.07) is 13.0. The van der Waals surface area contributed by atoms with E-state index in [4.69, 9.17) is 0 Å². The van der Waals surface area contributed by atoms with Crippen LogP contribution in [0.2, 0.25) is 0 Å². The summed E-state index contributed by atoms with van der Waals surface area (Å²) >= 11 is 0. The first-order valence-corrected chi connectivity index (χ1v) is 9.70. The third kappa shape index (κ3) is 5.02. The molecule has 0 unspecified atom stereocenters. The van der Waals surface area contributed by atoms with Gasteiger partial charge >= 0.3 is 0 Å². The van der Waals surface area contributed by atoms with Crippen molar-refractivity contribution < 1.29 is 14.6 Å². The lowest BCUT2D eigenvalue weighted by molar-refractivity contribution is -0.384. The summed E-state index contributed by atoms with van der Waals surface area (Å²) in [5.41, 5.74) is 1.05. The van der Waals surface area contributed by atoms with Gasteiger partial charge in [0.05, 0.1) is 9.85 Å². The van der Waals surface area contributed by atoms with Gasteiger partial charge in [0.15, 0.2) is 0 Å². The Morgan fingerprint density at radius 2 is 1.53 bits per heavy atom. The van der Waals surface area contributed by atoms with E-state index in [-0.39, 0.29) is 23.2 Å². The van der Waals surface area contributed by atoms with Crippen LogP contribution in [0.25, 0.3) is 0 Å². The number of hydrogen-bond acceptors (Lipinski definition) is 7. The Hall–Kier alpha value is -3.69. The molecule has 1 aliphatic heterocycles. The first-order valence-electron chi connectivity index (χ1n) is 9.70. The predicted molar refractivity (Wildman–Crippen MR) is 113 cm³/mol. The van der Waals surface area contributed by atoms with Gasteiger partial charge in [-0.15, -0.1) is 0 Å². The first-order chi connectivity index (χ1) is 14.5. The average Bonchev–Trinajstić information content (AvgIpc) is 2.76. The highest BCUT2D eigenvalue weighted by Crippen LogP contribution is 2.31. The summed E-state index contributed by atoms with van der Waals surface area (Å²) in [7, 11) is 0. The maximum atomic E-state index is 12.4. The smallest absolute Gasteiger partial charge is 0.292 e. The lowest BCUT2D eigenvalue weighted by Crippen LogP contribution is -2.41. The number of carbonyl (C=O) groups excluding carboxylic acids is 1. The molecule has 10 heteroatoms. The van der Waals surface area contributed by atoms with Crippen LogP contribution in [-0.4, -0.2) is 41.9 Å². The molecule has 0 atom stereocenters. The van der Waals surface area contributed by atoms with Crippen molar-refractivity contribution in [1.29, 1.82) is 0 Å². The predicted octanol–water partition coefficient (Wildman–Crippen LogP) is 2.95. The molecule has 1 amide bonds. The van der Waals surface area contributed by atoms with Gasteiger partial charge in [0, 0.05) is 44.2 Å². The van der Waals surface area contributed by atoms with Gasteiger partial charge in [-0.2, -0.15) is 0 Å². The van der Waals surface area contributed by atoms with Crippen LogP contribution in [0.5, 0.6) is 0 Å². The number of benzene rings is 2. The SMILES string of the molecule is O=C(NCCNc1ccccc1[N+](=O)[O-])C1CCN(c2ccccc2[N+](=O)[O-])CC1. The molecule has 0 saturated carbocycles. The van der Waals surface area contributed by atoms with Crippen molar-refractivity contribution in [3.8, 4) is 0 Å². The molecule has 0 aromatic heterocycles. The summed E-state index contributed by atoms with van der Waals surface area (Å²) in [5.74, 6) is -0.225. The standard InChI is InChI=1S/C20H23N5O5/c26-20(22-12-11-21-16-5-1-2-6-17(16)24(27)28)15-9-13-23(14-10-15)18-7-3-4-8-19(18)25(29)30/h1-8,15,21H,9-14H2,(H,22,26). The second-order valence-corrected chi connectivity index (χ2v) is 7.00. The third-order valence-corrected chi connectivity index (χ3v) is 5.13. The van der Waals surface area contributed by atoms with Gasteiger partial charge in [0.2, 0.25) is 5.91 Å². The molecule has 10 nitrogen and oxygen atoms in total. The molecule has 0 spiro atoms. The highest BCUT2D eigenvalue weighted by Gasteiger charge is 2.27. The molecule has 1 heterocycles. The van der Waals surface area contributed by atoms with Crippen molar-refractivity contribution in [2.24, 2.45) is 5.92 Å². The number of anilines is 2. The van der Waals surface area contributed by atoms with Crippen LogP contribution < -0.4 is 15.5 Å². The average molecular weight is 413 g/mol. The Bertz CT molecular complexity index is 927. The number of nitro benzene ring substituents is 2. The van der Waals surface area contributed by atoms with E-state index < -0.39 is 9.85 Å². The topological polar surface area (TPSA) is 131 Å². The van der Waals surface area contributed by atoms with E-state index in [0.717, 1.165) is 0 Å². The second-order valence-electron chi connectivity index (χ2n) is 7.00. The summed E-state index contributed by atoms with van der Waals surface area (Å²) in [6.07, 6.45) is 1.21. The maximum absolute atomic E-state index is 12.4. The molecule has 1 aliphatic rings. The van der Waals surface area contributed by atoms with Gasteiger partial charge in [0.25, 0.3) is 11.4 Å². The minimum atomic E-state index is -0.453. The minimum Gasteiger partial charge on any atom is -0.378 e. The lowest BCUT2D eigenvalue weighted by atomic mass is 9.95. The minimum absolute atomic E-state index is 0.00814. The Labute approximate surface area is 173 Å². The van der Waals surface area contributed by atoms with E-state index >= 15 is 0 Å². The molecule has 0 radical (unpaired) electrons. The molecule has 3 rings (SSSR count). The van der Waals surface area contributed by atoms with Gasteiger partial charge in [-0.1, -0.05) is 24.3 Å². The van der Waals surface area contributed by atoms with Crippen LogP contribution in [0.4, 0.5) is 22.7 Å². The quantitative estimate of drug-likeness (QED) is 0.386. The molecular formula is C20H23N5O5. The number of nitro groups is 2. The highest BCUT2D eigenvalue weighted by atomic mass is 16.6. The van der Waals surface area contributed by atoms with Gasteiger partial charge < -0.3 is 15.5 Å². The number of carbonyl (C=O) groups is 1. The van der Waals surface area contributed by atoms with E-state index in [9.17, 15) is 25.0 Å². The summed E-state index contributed by atoms with van der Waals surface area (Å²) < 4.78 is 0. The number of piperidine rings is 1. The normalized spacial score (nSPS) is 14.2. The number of nitrogens with zero attached hydrogens (tertiary/aromatic N) is 3. The van der Waals surface area contributed by atoms with E-state index in [1.165, 1.54) is 12.1 Å². The molecule has 1 fully saturated rings. The van der Waals surface area contributed by atoms with Gasteiger partial charge in [-0.05, 0) is 25.0 Å². The van der Waals surface area contributed by atoms with E-state index in [2.05, 4.69) is 10.6 Å². The largest absolute Gasteiger partial charge is 0.378 e. The fourth-order valence-electron chi connectivity index (χ4n) is 3.58. The third-order valence-electron chi connectivity index (χ3n) is 5.13. The monoisotopic (exact) mass is 413 g/mol. The van der Waals surface area contributed by atoms with Gasteiger partial charge in [0.1, 0.15) is 11.4 Å². The molecule has 2 aromatic rings. The molecule has 2 aromatic carbocycles. The Morgan fingerprint density at radius 1 is 0.933 bits per heavy atom. The van der Waals surface area contributed by atoms with Crippen molar-refractivity contribution in [3.63, 3.8) is 0 Å². The van der Waals surface area contributed by atoms with Crippen LogP contribution in [0.1, 0.15) is 12.8 Å². The number of rotatable bonds is 8. The van der Waals surface area contributed by atoms with E-state index in [1.807, 2.05) is 4.90 Å².